The maximum Gasteiger partial charge on any atom is 0.243 e. The normalized spacial score (nSPS) is 18.0. The number of hydrogen-bond acceptors (Lipinski definition) is 4. The molecular formula is C21H22N2O4. The van der Waals surface area contributed by atoms with Crippen molar-refractivity contribution in [1.82, 2.24) is 10.2 Å². The first-order chi connectivity index (χ1) is 13.2. The summed E-state index contributed by atoms with van der Waals surface area (Å²) in [5.41, 5.74) is 2.10. The van der Waals surface area contributed by atoms with Crippen LogP contribution in [0.15, 0.2) is 48.5 Å². The van der Waals surface area contributed by atoms with Gasteiger partial charge in [0, 0.05) is 19.5 Å². The molecule has 2 aromatic carbocycles. The van der Waals surface area contributed by atoms with Crippen molar-refractivity contribution in [2.75, 3.05) is 13.3 Å². The van der Waals surface area contributed by atoms with Gasteiger partial charge in [-0.1, -0.05) is 36.4 Å². The Morgan fingerprint density at radius 2 is 1.89 bits per heavy atom. The zero-order chi connectivity index (χ0) is 18.6. The van der Waals surface area contributed by atoms with Crippen LogP contribution in [0.3, 0.4) is 0 Å². The van der Waals surface area contributed by atoms with E-state index in [1.165, 1.54) is 0 Å². The van der Waals surface area contributed by atoms with Crippen LogP contribution in [0.5, 0.6) is 11.5 Å². The highest BCUT2D eigenvalue weighted by atomic mass is 16.7. The fraction of sp³-hybridized carbons (Fsp3) is 0.333. The maximum atomic E-state index is 12.7. The predicted molar refractivity (Wildman–Crippen MR) is 99.3 cm³/mol. The van der Waals surface area contributed by atoms with E-state index >= 15 is 0 Å². The fourth-order valence-electron chi connectivity index (χ4n) is 3.54. The van der Waals surface area contributed by atoms with E-state index < -0.39 is 6.04 Å². The average molecular weight is 366 g/mol. The summed E-state index contributed by atoms with van der Waals surface area (Å²) in [6.45, 7) is 1.18. The van der Waals surface area contributed by atoms with Gasteiger partial charge in [0.15, 0.2) is 11.5 Å². The highest BCUT2D eigenvalue weighted by Crippen LogP contribution is 2.32. The first kappa shape index (κ1) is 17.4. The number of carbonyl (C=O) groups is 2. The van der Waals surface area contributed by atoms with Gasteiger partial charge in [-0.25, -0.2) is 0 Å². The minimum absolute atomic E-state index is 0.0501. The van der Waals surface area contributed by atoms with Crippen molar-refractivity contribution in [2.45, 2.75) is 31.8 Å². The molecule has 2 aliphatic heterocycles. The summed E-state index contributed by atoms with van der Waals surface area (Å²) >= 11 is 0. The van der Waals surface area contributed by atoms with E-state index in [1.54, 1.807) is 4.90 Å². The van der Waals surface area contributed by atoms with Gasteiger partial charge >= 0.3 is 0 Å². The van der Waals surface area contributed by atoms with E-state index in [2.05, 4.69) is 5.32 Å². The quantitative estimate of drug-likeness (QED) is 0.852. The van der Waals surface area contributed by atoms with Gasteiger partial charge in [0.1, 0.15) is 6.04 Å². The van der Waals surface area contributed by atoms with Gasteiger partial charge in [-0.05, 0) is 36.1 Å². The molecule has 0 aromatic heterocycles. The van der Waals surface area contributed by atoms with Crippen molar-refractivity contribution in [3.05, 3.63) is 59.7 Å². The molecule has 2 amide bonds. The number of rotatable bonds is 6. The van der Waals surface area contributed by atoms with Crippen LogP contribution < -0.4 is 14.8 Å². The van der Waals surface area contributed by atoms with E-state index in [4.69, 9.17) is 9.47 Å². The van der Waals surface area contributed by atoms with Crippen LogP contribution >= 0.6 is 0 Å². The third-order valence-corrected chi connectivity index (χ3v) is 5.02. The molecule has 2 aromatic rings. The van der Waals surface area contributed by atoms with E-state index in [0.717, 1.165) is 23.3 Å². The number of nitrogens with one attached hydrogen (secondary N) is 1. The summed E-state index contributed by atoms with van der Waals surface area (Å²) in [6, 6.07) is 15.2. The van der Waals surface area contributed by atoms with Crippen LogP contribution in [0.25, 0.3) is 0 Å². The SMILES string of the molecule is O=C(NCc1ccc2c(c1)OCO2)[C@@H]1CCC(=O)N1CCc1ccccc1. The monoisotopic (exact) mass is 366 g/mol. The van der Waals surface area contributed by atoms with Gasteiger partial charge in [0.05, 0.1) is 0 Å². The number of fused-ring (bicyclic) bond motifs is 1. The second kappa shape index (κ2) is 7.70. The third kappa shape index (κ3) is 3.89. The Kier molecular flexibility index (Phi) is 4.96. The summed E-state index contributed by atoms with van der Waals surface area (Å²) in [6.07, 6.45) is 1.75. The van der Waals surface area contributed by atoms with Crippen LogP contribution in [0.4, 0.5) is 0 Å². The maximum absolute atomic E-state index is 12.7. The summed E-state index contributed by atoms with van der Waals surface area (Å²) in [5.74, 6) is 1.36. The lowest BCUT2D eigenvalue weighted by Gasteiger charge is -2.24. The van der Waals surface area contributed by atoms with Crippen LogP contribution in [0.2, 0.25) is 0 Å². The molecule has 0 aliphatic carbocycles. The van der Waals surface area contributed by atoms with Gasteiger partial charge in [0.2, 0.25) is 18.6 Å². The molecule has 0 bridgehead atoms. The van der Waals surface area contributed by atoms with E-state index in [0.29, 0.717) is 31.7 Å². The first-order valence-electron chi connectivity index (χ1n) is 9.20. The third-order valence-electron chi connectivity index (χ3n) is 5.02. The zero-order valence-corrected chi connectivity index (χ0v) is 15.0. The minimum atomic E-state index is -0.393. The van der Waals surface area contributed by atoms with Crippen LogP contribution in [-0.4, -0.2) is 36.1 Å². The van der Waals surface area contributed by atoms with Crippen molar-refractivity contribution in [3.8, 4) is 11.5 Å². The van der Waals surface area contributed by atoms with Crippen molar-refractivity contribution >= 4 is 11.8 Å². The Labute approximate surface area is 158 Å². The number of benzene rings is 2. The Hall–Kier alpha value is -3.02. The highest BCUT2D eigenvalue weighted by molar-refractivity contribution is 5.90. The molecule has 0 saturated carbocycles. The lowest BCUT2D eigenvalue weighted by Crippen LogP contribution is -2.45. The van der Waals surface area contributed by atoms with Gasteiger partial charge in [-0.15, -0.1) is 0 Å². The van der Waals surface area contributed by atoms with Crippen molar-refractivity contribution in [2.24, 2.45) is 0 Å². The van der Waals surface area contributed by atoms with Crippen molar-refractivity contribution < 1.29 is 19.1 Å². The Morgan fingerprint density at radius 3 is 2.74 bits per heavy atom. The molecular weight excluding hydrogens is 344 g/mol. The van der Waals surface area contributed by atoms with Gasteiger partial charge < -0.3 is 19.7 Å². The Morgan fingerprint density at radius 1 is 1.07 bits per heavy atom. The molecule has 6 nitrogen and oxygen atoms in total. The number of likely N-dealkylation sites (tertiary alicyclic amines) is 1. The summed E-state index contributed by atoms with van der Waals surface area (Å²) in [5, 5.41) is 2.95. The van der Waals surface area contributed by atoms with Crippen LogP contribution in [0.1, 0.15) is 24.0 Å². The van der Waals surface area contributed by atoms with Gasteiger partial charge in [0.25, 0.3) is 0 Å². The van der Waals surface area contributed by atoms with Crippen molar-refractivity contribution in [1.29, 1.82) is 0 Å². The number of nitrogens with zero attached hydrogens (tertiary/aromatic N) is 1. The number of carbonyl (C=O) groups excluding carboxylic acids is 2. The average Bonchev–Trinajstić information content (AvgIpc) is 3.31. The second-order valence-corrected chi connectivity index (χ2v) is 6.78. The first-order valence-corrected chi connectivity index (χ1v) is 9.20. The molecule has 0 unspecified atom stereocenters. The molecule has 0 spiro atoms. The second-order valence-electron chi connectivity index (χ2n) is 6.78. The minimum Gasteiger partial charge on any atom is -0.454 e. The Balaban J connectivity index is 1.34. The molecule has 140 valence electrons. The van der Waals surface area contributed by atoms with E-state index in [9.17, 15) is 9.59 Å². The standard InChI is InChI=1S/C21H22N2O4/c24-20-9-7-17(23(20)11-10-15-4-2-1-3-5-15)21(25)22-13-16-6-8-18-19(12-16)27-14-26-18/h1-6,8,12,17H,7,9-11,13-14H2,(H,22,25)/t17-/m0/s1. The van der Waals surface area contributed by atoms with Crippen LogP contribution in [0, 0.1) is 0 Å². The molecule has 27 heavy (non-hydrogen) atoms. The molecule has 1 atom stereocenters. The van der Waals surface area contributed by atoms with Crippen LogP contribution in [-0.2, 0) is 22.6 Å². The van der Waals surface area contributed by atoms with Gasteiger partial charge in [-0.2, -0.15) is 0 Å². The molecule has 0 radical (unpaired) electrons. The topological polar surface area (TPSA) is 67.9 Å². The summed E-state index contributed by atoms with van der Waals surface area (Å²) in [7, 11) is 0. The Bertz CT molecular complexity index is 837. The summed E-state index contributed by atoms with van der Waals surface area (Å²) in [4.78, 5) is 26.6. The lowest BCUT2D eigenvalue weighted by atomic mass is 10.1. The van der Waals surface area contributed by atoms with Gasteiger partial charge in [-0.3, -0.25) is 9.59 Å². The molecule has 2 heterocycles. The number of hydrogen-bond donors (Lipinski definition) is 1. The number of amides is 2. The lowest BCUT2D eigenvalue weighted by molar-refractivity contribution is -0.135. The molecule has 4 rings (SSSR count). The largest absolute Gasteiger partial charge is 0.454 e. The smallest absolute Gasteiger partial charge is 0.243 e. The molecule has 6 heteroatoms. The molecule has 1 N–H and O–H groups in total. The van der Waals surface area contributed by atoms with E-state index in [-0.39, 0.29) is 18.6 Å². The fourth-order valence-corrected chi connectivity index (χ4v) is 3.54. The molecule has 1 saturated heterocycles. The molecule has 2 aliphatic rings. The molecule has 1 fully saturated rings. The zero-order valence-electron chi connectivity index (χ0n) is 15.0. The predicted octanol–water partition coefficient (Wildman–Crippen LogP) is 2.27. The summed E-state index contributed by atoms with van der Waals surface area (Å²) < 4.78 is 10.7. The number of ether oxygens (including phenoxy) is 2. The van der Waals surface area contributed by atoms with Crippen molar-refractivity contribution in [3.63, 3.8) is 0 Å². The van der Waals surface area contributed by atoms with E-state index in [1.807, 2.05) is 48.5 Å². The highest BCUT2D eigenvalue weighted by Gasteiger charge is 2.35.